The molecule has 12 heteroatoms. The number of nitrogens with zero attached hydrogens (tertiary/aromatic N) is 1. The minimum atomic E-state index is -2.61. The summed E-state index contributed by atoms with van der Waals surface area (Å²) in [5.74, 6) is -1.21. The molecule has 0 spiro atoms. The number of hydrogen-bond acceptors (Lipinski definition) is 7. The number of likely N-dealkylation sites (N-methyl/N-ethyl adjacent to an activating group) is 1. The van der Waals surface area contributed by atoms with Gasteiger partial charge in [-0.15, -0.1) is 0 Å². The molecule has 0 aliphatic carbocycles. The fourth-order valence-electron chi connectivity index (χ4n) is 1.40. The minimum Gasteiger partial charge on any atom is -0.480 e. The van der Waals surface area contributed by atoms with E-state index in [1.807, 2.05) is 0 Å². The molecule has 0 aliphatic heterocycles. The van der Waals surface area contributed by atoms with Gasteiger partial charge in [-0.05, 0) is 59.0 Å². The monoisotopic (exact) mass is 405 g/mol. The van der Waals surface area contributed by atoms with Gasteiger partial charge in [0.05, 0.1) is 0 Å². The van der Waals surface area contributed by atoms with Gasteiger partial charge in [0.25, 0.3) is 11.4 Å². The van der Waals surface area contributed by atoms with Crippen LogP contribution in [0.25, 0.3) is 0 Å². The predicted molar refractivity (Wildman–Crippen MR) is 100 cm³/mol. The van der Waals surface area contributed by atoms with E-state index in [9.17, 15) is 9.59 Å². The molecule has 0 saturated heterocycles. The summed E-state index contributed by atoms with van der Waals surface area (Å²) in [4.78, 5) is 22.7. The van der Waals surface area contributed by atoms with Gasteiger partial charge in [-0.3, -0.25) is 23.6 Å². The second-order valence-electron chi connectivity index (χ2n) is 5.41. The van der Waals surface area contributed by atoms with Crippen LogP contribution in [0.1, 0.15) is 32.6 Å². The van der Waals surface area contributed by atoms with Crippen molar-refractivity contribution >= 4 is 35.9 Å². The zero-order chi connectivity index (χ0) is 20.6. The van der Waals surface area contributed by atoms with E-state index in [0.29, 0.717) is 25.1 Å². The molecule has 0 fully saturated rings. The van der Waals surface area contributed by atoms with Crippen LogP contribution in [0, 0.1) is 0 Å². The van der Waals surface area contributed by atoms with Crippen molar-refractivity contribution in [2.45, 2.75) is 44.2 Å². The SMILES string of the molecule is CN(C)C(C)(CCCCN)C(=O)O.NC(CCS)C(=O)O.O=S(O)O. The van der Waals surface area contributed by atoms with Crippen LogP contribution in [0.5, 0.6) is 0 Å². The van der Waals surface area contributed by atoms with Crippen molar-refractivity contribution in [2.75, 3.05) is 26.4 Å². The van der Waals surface area contributed by atoms with E-state index >= 15 is 0 Å². The van der Waals surface area contributed by atoms with Crippen LogP contribution in [0.4, 0.5) is 0 Å². The first-order valence-corrected chi connectivity index (χ1v) is 9.06. The van der Waals surface area contributed by atoms with Gasteiger partial charge in [0.1, 0.15) is 11.6 Å². The summed E-state index contributed by atoms with van der Waals surface area (Å²) in [5, 5.41) is 17.2. The molecule has 0 amide bonds. The van der Waals surface area contributed by atoms with Crippen LogP contribution in [0.15, 0.2) is 0 Å². The molecule has 0 aliphatic rings. The fourth-order valence-corrected chi connectivity index (χ4v) is 1.68. The lowest BCUT2D eigenvalue weighted by molar-refractivity contribution is -0.149. The summed E-state index contributed by atoms with van der Waals surface area (Å²) < 4.78 is 22.8. The second-order valence-corrected chi connectivity index (χ2v) is 6.32. The summed E-state index contributed by atoms with van der Waals surface area (Å²) in [6, 6.07) is -0.743. The van der Waals surface area contributed by atoms with E-state index in [-0.39, 0.29) is 0 Å². The highest BCUT2D eigenvalue weighted by molar-refractivity contribution is 7.80. The van der Waals surface area contributed by atoms with Crippen LogP contribution in [0.2, 0.25) is 0 Å². The van der Waals surface area contributed by atoms with Gasteiger partial charge in [-0.2, -0.15) is 16.8 Å². The third-order valence-electron chi connectivity index (χ3n) is 3.32. The Labute approximate surface area is 156 Å². The number of carbonyl (C=O) groups is 2. The van der Waals surface area contributed by atoms with E-state index in [1.54, 1.807) is 25.9 Å². The van der Waals surface area contributed by atoms with E-state index in [4.69, 9.17) is 35.0 Å². The summed E-state index contributed by atoms with van der Waals surface area (Å²) in [6.45, 7) is 2.37. The molecule has 0 aromatic heterocycles. The standard InChI is InChI=1S/C9H20N2O2.C4H9NO2S.H2O3S/c1-9(8(12)13,11(2)3)6-4-5-7-10;5-3(1-2-8)4(6)7;1-4(2)3/h4-7,10H2,1-3H3,(H,12,13);3,8H,1-2,5H2,(H,6,7);(H2,1,2,3). The number of thiol groups is 1. The first kappa shape index (κ1) is 29.0. The van der Waals surface area contributed by atoms with Crippen LogP contribution in [-0.4, -0.2) is 78.3 Å². The Morgan fingerprint density at radius 2 is 1.68 bits per heavy atom. The lowest BCUT2D eigenvalue weighted by Gasteiger charge is -2.32. The van der Waals surface area contributed by atoms with E-state index in [1.165, 1.54) is 0 Å². The van der Waals surface area contributed by atoms with Crippen molar-refractivity contribution in [3.05, 3.63) is 0 Å². The Kier molecular flexibility index (Phi) is 19.4. The van der Waals surface area contributed by atoms with Crippen molar-refractivity contribution in [3.8, 4) is 0 Å². The maximum Gasteiger partial charge on any atom is 0.323 e. The quantitative estimate of drug-likeness (QED) is 0.155. The second kappa shape index (κ2) is 16.7. The average Bonchev–Trinajstić information content (AvgIpc) is 2.47. The van der Waals surface area contributed by atoms with Gasteiger partial charge in [-0.1, -0.05) is 0 Å². The number of unbranched alkanes of at least 4 members (excludes halogenated alkanes) is 1. The highest BCUT2D eigenvalue weighted by atomic mass is 32.2. The van der Waals surface area contributed by atoms with Crippen LogP contribution < -0.4 is 11.5 Å². The molecule has 0 aromatic carbocycles. The van der Waals surface area contributed by atoms with Gasteiger partial charge in [0.2, 0.25) is 0 Å². The average molecular weight is 406 g/mol. The van der Waals surface area contributed by atoms with Gasteiger partial charge in [0, 0.05) is 0 Å². The topological polar surface area (TPSA) is 187 Å². The molecule has 0 radical (unpaired) electrons. The van der Waals surface area contributed by atoms with E-state index in [2.05, 4.69) is 12.6 Å². The molecular weight excluding hydrogens is 374 g/mol. The zero-order valence-electron chi connectivity index (χ0n) is 14.8. The Hall–Kier alpha value is -0.760. The number of carboxylic acids is 2. The minimum absolute atomic E-state index is 0.429. The lowest BCUT2D eigenvalue weighted by atomic mass is 9.94. The maximum atomic E-state index is 11.0. The summed E-state index contributed by atoms with van der Waals surface area (Å²) in [7, 11) is 3.58. The van der Waals surface area contributed by atoms with Crippen LogP contribution >= 0.6 is 12.6 Å². The van der Waals surface area contributed by atoms with Gasteiger partial charge < -0.3 is 21.7 Å². The van der Waals surface area contributed by atoms with Gasteiger partial charge in [0.15, 0.2) is 0 Å². The summed E-state index contributed by atoms with van der Waals surface area (Å²) in [5.41, 5.74) is 9.67. The summed E-state index contributed by atoms with van der Waals surface area (Å²) in [6.07, 6.45) is 2.82. The number of rotatable bonds is 9. The van der Waals surface area contributed by atoms with Gasteiger partial charge in [-0.25, -0.2) is 0 Å². The van der Waals surface area contributed by atoms with Crippen LogP contribution in [-0.2, 0) is 21.0 Å². The highest BCUT2D eigenvalue weighted by Gasteiger charge is 2.34. The first-order valence-electron chi connectivity index (χ1n) is 7.36. The fraction of sp³-hybridized carbons (Fsp3) is 0.846. The van der Waals surface area contributed by atoms with Crippen LogP contribution in [0.3, 0.4) is 0 Å². The Morgan fingerprint density at radius 3 is 1.88 bits per heavy atom. The molecule has 2 unspecified atom stereocenters. The molecule has 0 heterocycles. The number of hydrogen-bond donors (Lipinski definition) is 7. The van der Waals surface area contributed by atoms with Crippen molar-refractivity contribution in [1.82, 2.24) is 4.90 Å². The molecule has 0 aromatic rings. The number of carboxylic acid groups (broad SMARTS) is 2. The van der Waals surface area contributed by atoms with Crippen molar-refractivity contribution in [1.29, 1.82) is 0 Å². The Bertz CT molecular complexity index is 396. The molecule has 25 heavy (non-hydrogen) atoms. The van der Waals surface area contributed by atoms with Crippen molar-refractivity contribution in [3.63, 3.8) is 0 Å². The largest absolute Gasteiger partial charge is 0.480 e. The molecule has 0 rings (SSSR count). The maximum absolute atomic E-state index is 11.0. The lowest BCUT2D eigenvalue weighted by Crippen LogP contribution is -2.48. The third kappa shape index (κ3) is 17.8. The predicted octanol–water partition coefficient (Wildman–Crippen LogP) is -0.0804. The molecular formula is C13H31N3O7S2. The first-order chi connectivity index (χ1) is 11.4. The molecule has 152 valence electrons. The normalized spacial score (nSPS) is 13.8. The van der Waals surface area contributed by atoms with Crippen molar-refractivity contribution < 1.29 is 33.1 Å². The van der Waals surface area contributed by atoms with Crippen molar-refractivity contribution in [2.24, 2.45) is 11.5 Å². The number of nitrogens with two attached hydrogens (primary N) is 2. The number of aliphatic carboxylic acids is 2. The van der Waals surface area contributed by atoms with E-state index < -0.39 is 34.9 Å². The smallest absolute Gasteiger partial charge is 0.323 e. The Morgan fingerprint density at radius 1 is 1.24 bits per heavy atom. The molecule has 8 N–H and O–H groups in total. The molecule has 2 atom stereocenters. The zero-order valence-corrected chi connectivity index (χ0v) is 16.5. The van der Waals surface area contributed by atoms with E-state index in [0.717, 1.165) is 12.8 Å². The molecule has 0 bridgehead atoms. The van der Waals surface area contributed by atoms with Gasteiger partial charge >= 0.3 is 11.9 Å². The highest BCUT2D eigenvalue weighted by Crippen LogP contribution is 2.19. The Balaban J connectivity index is -0.000000342. The summed E-state index contributed by atoms with van der Waals surface area (Å²) >= 11 is 1.20. The molecule has 0 saturated carbocycles. The molecule has 10 nitrogen and oxygen atoms in total. The third-order valence-corrected chi connectivity index (χ3v) is 3.58.